The van der Waals surface area contributed by atoms with Crippen LogP contribution in [0.4, 0.5) is 0 Å². The number of guanidine groups is 1. The van der Waals surface area contributed by atoms with Crippen molar-refractivity contribution < 1.29 is 4.74 Å². The average molecular weight is 393 g/mol. The molecule has 0 bridgehead atoms. The van der Waals surface area contributed by atoms with E-state index in [-0.39, 0.29) is 6.04 Å². The molecule has 0 saturated carbocycles. The minimum atomic E-state index is 0.110. The van der Waals surface area contributed by atoms with E-state index in [1.807, 2.05) is 67.1 Å². The van der Waals surface area contributed by atoms with E-state index in [1.165, 1.54) is 5.56 Å². The summed E-state index contributed by atoms with van der Waals surface area (Å²) in [5, 5.41) is 15.1. The monoisotopic (exact) mass is 392 g/mol. The Labute approximate surface area is 171 Å². The fraction of sp³-hybridized carbons (Fsp3) is 0.318. The zero-order valence-electron chi connectivity index (χ0n) is 17.2. The molecule has 0 amide bonds. The van der Waals surface area contributed by atoms with Gasteiger partial charge in [-0.25, -0.2) is 4.99 Å². The summed E-state index contributed by atoms with van der Waals surface area (Å²) in [6.07, 6.45) is 0. The average Bonchev–Trinajstić information content (AvgIpc) is 3.08. The highest BCUT2D eigenvalue weighted by molar-refractivity contribution is 5.80. The highest BCUT2D eigenvalue weighted by atomic mass is 16.5. The number of hydrogen-bond acceptors (Lipinski definition) is 4. The van der Waals surface area contributed by atoms with Gasteiger partial charge >= 0.3 is 0 Å². The Kier molecular flexibility index (Phi) is 7.22. The molecule has 0 aliphatic heterocycles. The van der Waals surface area contributed by atoms with Crippen LogP contribution in [0.25, 0.3) is 0 Å². The molecule has 0 aliphatic rings. The van der Waals surface area contributed by atoms with E-state index in [1.54, 1.807) is 0 Å². The second kappa shape index (κ2) is 10.3. The van der Waals surface area contributed by atoms with Gasteiger partial charge in [0.05, 0.1) is 12.6 Å². The summed E-state index contributed by atoms with van der Waals surface area (Å²) in [4.78, 5) is 4.69. The summed E-state index contributed by atoms with van der Waals surface area (Å²) < 4.78 is 7.70. The van der Waals surface area contributed by atoms with Gasteiger partial charge in [0.15, 0.2) is 11.8 Å². The molecule has 0 fully saturated rings. The number of ether oxygens (including phenoxy) is 1. The van der Waals surface area contributed by atoms with Crippen LogP contribution in [0.1, 0.15) is 30.2 Å². The number of nitrogens with one attached hydrogen (secondary N) is 2. The van der Waals surface area contributed by atoms with Crippen LogP contribution >= 0.6 is 0 Å². The number of aliphatic imine (C=N–C) groups is 1. The first-order chi connectivity index (χ1) is 14.1. The lowest BCUT2D eigenvalue weighted by Crippen LogP contribution is -2.40. The van der Waals surface area contributed by atoms with Crippen molar-refractivity contribution in [2.45, 2.75) is 26.4 Å². The molecule has 2 aromatic carbocycles. The smallest absolute Gasteiger partial charge is 0.192 e. The van der Waals surface area contributed by atoms with E-state index in [4.69, 9.17) is 9.73 Å². The number of nitrogens with zero attached hydrogens (tertiary/aromatic N) is 4. The van der Waals surface area contributed by atoms with Crippen molar-refractivity contribution in [3.63, 3.8) is 0 Å². The van der Waals surface area contributed by atoms with Gasteiger partial charge in [0.25, 0.3) is 0 Å². The molecule has 0 aliphatic carbocycles. The fourth-order valence-electron chi connectivity index (χ4n) is 2.78. The third kappa shape index (κ3) is 6.07. The number of aryl methyl sites for hydroxylation is 1. The maximum atomic E-state index is 5.76. The van der Waals surface area contributed by atoms with Crippen LogP contribution in [0, 0.1) is 6.92 Å². The number of rotatable bonds is 8. The Hall–Kier alpha value is -3.35. The van der Waals surface area contributed by atoms with E-state index in [0.717, 1.165) is 17.4 Å². The molecule has 29 heavy (non-hydrogen) atoms. The molecule has 0 spiro atoms. The summed E-state index contributed by atoms with van der Waals surface area (Å²) in [6.45, 7) is 5.64. The second-order valence-corrected chi connectivity index (χ2v) is 6.75. The van der Waals surface area contributed by atoms with Gasteiger partial charge in [0.2, 0.25) is 0 Å². The van der Waals surface area contributed by atoms with Gasteiger partial charge in [-0.1, -0.05) is 48.5 Å². The second-order valence-electron chi connectivity index (χ2n) is 6.75. The van der Waals surface area contributed by atoms with Crippen LogP contribution in [0.15, 0.2) is 65.7 Å². The Bertz CT molecular complexity index is 908. The Balaban J connectivity index is 1.61. The van der Waals surface area contributed by atoms with Gasteiger partial charge in [-0.3, -0.25) is 0 Å². The van der Waals surface area contributed by atoms with Crippen LogP contribution in [-0.2, 0) is 13.6 Å². The third-order valence-electron chi connectivity index (χ3n) is 4.62. The number of hydrogen-bond donors (Lipinski definition) is 2. The Morgan fingerprint density at radius 3 is 2.41 bits per heavy atom. The molecule has 3 rings (SSSR count). The minimum absolute atomic E-state index is 0.110. The van der Waals surface area contributed by atoms with Crippen LogP contribution in [0.5, 0.6) is 5.75 Å². The third-order valence-corrected chi connectivity index (χ3v) is 4.62. The molecule has 0 saturated heterocycles. The van der Waals surface area contributed by atoms with Gasteiger partial charge in [-0.2, -0.15) is 0 Å². The van der Waals surface area contributed by atoms with Crippen molar-refractivity contribution in [1.29, 1.82) is 0 Å². The number of aromatic nitrogens is 3. The zero-order valence-corrected chi connectivity index (χ0v) is 17.2. The molecular weight excluding hydrogens is 364 g/mol. The van der Waals surface area contributed by atoms with Crippen molar-refractivity contribution >= 4 is 5.96 Å². The first kappa shape index (κ1) is 20.4. The molecule has 0 radical (unpaired) electrons. The van der Waals surface area contributed by atoms with E-state index >= 15 is 0 Å². The molecule has 3 aromatic rings. The van der Waals surface area contributed by atoms with Crippen molar-refractivity contribution in [1.82, 2.24) is 25.4 Å². The van der Waals surface area contributed by atoms with Crippen LogP contribution in [-0.4, -0.2) is 33.9 Å². The lowest BCUT2D eigenvalue weighted by Gasteiger charge is -2.19. The molecule has 7 heteroatoms. The van der Waals surface area contributed by atoms with Crippen molar-refractivity contribution in [2.24, 2.45) is 12.0 Å². The summed E-state index contributed by atoms with van der Waals surface area (Å²) in [5.41, 5.74) is 1.19. The lowest BCUT2D eigenvalue weighted by molar-refractivity contribution is 0.321. The van der Waals surface area contributed by atoms with Crippen LogP contribution in [0.2, 0.25) is 0 Å². The van der Waals surface area contributed by atoms with Crippen LogP contribution in [0.3, 0.4) is 0 Å². The maximum Gasteiger partial charge on any atom is 0.192 e. The summed E-state index contributed by atoms with van der Waals surface area (Å²) in [7, 11) is 1.95. The Morgan fingerprint density at radius 2 is 1.76 bits per heavy atom. The van der Waals surface area contributed by atoms with Gasteiger partial charge in [-0.05, 0) is 31.5 Å². The predicted molar refractivity (Wildman–Crippen MR) is 115 cm³/mol. The van der Waals surface area contributed by atoms with Gasteiger partial charge in [0.1, 0.15) is 24.7 Å². The highest BCUT2D eigenvalue weighted by Gasteiger charge is 2.09. The molecule has 1 heterocycles. The highest BCUT2D eigenvalue weighted by Crippen LogP contribution is 2.11. The summed E-state index contributed by atoms with van der Waals surface area (Å²) in [6, 6.07) is 20.2. The molecule has 152 valence electrons. The van der Waals surface area contributed by atoms with E-state index in [2.05, 4.69) is 39.9 Å². The lowest BCUT2D eigenvalue weighted by atomic mass is 10.1. The largest absolute Gasteiger partial charge is 0.492 e. The Morgan fingerprint density at radius 1 is 1.07 bits per heavy atom. The SMILES string of the molecule is Cc1nnc(CN=C(NCCOc2ccccc2)NC(C)c2ccccc2)n1C. The summed E-state index contributed by atoms with van der Waals surface area (Å²) in [5.74, 6) is 3.25. The van der Waals surface area contributed by atoms with E-state index in [0.29, 0.717) is 25.7 Å². The van der Waals surface area contributed by atoms with Crippen molar-refractivity contribution in [3.05, 3.63) is 77.9 Å². The van der Waals surface area contributed by atoms with Crippen molar-refractivity contribution in [3.8, 4) is 5.75 Å². The summed E-state index contributed by atoms with van der Waals surface area (Å²) >= 11 is 0. The standard InChI is InChI=1S/C22H28N6O/c1-17(19-10-6-4-7-11-19)25-22(24-16-21-27-26-18(2)28(21)3)23-14-15-29-20-12-8-5-9-13-20/h4-13,17H,14-16H2,1-3H3,(H2,23,24,25). The van der Waals surface area contributed by atoms with Crippen molar-refractivity contribution in [2.75, 3.05) is 13.2 Å². The quantitative estimate of drug-likeness (QED) is 0.350. The minimum Gasteiger partial charge on any atom is -0.492 e. The topological polar surface area (TPSA) is 76.4 Å². The molecular formula is C22H28N6O. The number of benzene rings is 2. The first-order valence-electron chi connectivity index (χ1n) is 9.76. The molecule has 1 unspecified atom stereocenters. The van der Waals surface area contributed by atoms with Crippen LogP contribution < -0.4 is 15.4 Å². The molecule has 7 nitrogen and oxygen atoms in total. The molecule has 1 aromatic heterocycles. The molecule has 2 N–H and O–H groups in total. The molecule has 1 atom stereocenters. The normalized spacial score (nSPS) is 12.4. The van der Waals surface area contributed by atoms with Gasteiger partial charge in [0, 0.05) is 7.05 Å². The van der Waals surface area contributed by atoms with E-state index < -0.39 is 0 Å². The van der Waals surface area contributed by atoms with E-state index in [9.17, 15) is 0 Å². The number of para-hydroxylation sites is 1. The zero-order chi connectivity index (χ0) is 20.5. The fourth-order valence-corrected chi connectivity index (χ4v) is 2.78. The van der Waals surface area contributed by atoms with Gasteiger partial charge in [-0.15, -0.1) is 10.2 Å². The predicted octanol–water partition coefficient (Wildman–Crippen LogP) is 3.00. The maximum absolute atomic E-state index is 5.76. The first-order valence-corrected chi connectivity index (χ1v) is 9.76. The van der Waals surface area contributed by atoms with Gasteiger partial charge < -0.3 is 19.9 Å².